The summed E-state index contributed by atoms with van der Waals surface area (Å²) in [6.45, 7) is 6.84. The molecule has 1 aliphatic heterocycles. The van der Waals surface area contributed by atoms with Crippen molar-refractivity contribution >= 4 is 6.09 Å². The summed E-state index contributed by atoms with van der Waals surface area (Å²) in [4.78, 5) is 12.2. The van der Waals surface area contributed by atoms with E-state index in [0.717, 1.165) is 0 Å². The monoisotopic (exact) mass is 353 g/mol. The van der Waals surface area contributed by atoms with Gasteiger partial charge in [-0.2, -0.15) is 0 Å². The molecule has 0 saturated carbocycles. The molecular formula is C18H27NO6. The second-order valence-corrected chi connectivity index (χ2v) is 7.31. The average Bonchev–Trinajstić information content (AvgIpc) is 2.53. The molecule has 7 nitrogen and oxygen atoms in total. The molecule has 25 heavy (non-hydrogen) atoms. The molecule has 0 radical (unpaired) electrons. The number of aliphatic hydroxyl groups excluding tert-OH is 3. The van der Waals surface area contributed by atoms with Gasteiger partial charge in [-0.05, 0) is 33.3 Å². The molecule has 1 heterocycles. The van der Waals surface area contributed by atoms with E-state index in [2.05, 4.69) is 5.32 Å². The molecule has 0 unspecified atom stereocenters. The number of carbonyl (C=O) groups excluding carboxylic acids is 1. The van der Waals surface area contributed by atoms with E-state index in [-0.39, 0.29) is 0 Å². The van der Waals surface area contributed by atoms with E-state index < -0.39 is 48.3 Å². The first-order valence-electron chi connectivity index (χ1n) is 8.34. The molecular weight excluding hydrogens is 326 g/mol. The predicted octanol–water partition coefficient (Wildman–Crippen LogP) is 1.12. The highest BCUT2D eigenvalue weighted by Crippen LogP contribution is 2.30. The second-order valence-electron chi connectivity index (χ2n) is 7.31. The van der Waals surface area contributed by atoms with Crippen LogP contribution in [0, 0.1) is 0 Å². The molecule has 1 saturated heterocycles. The van der Waals surface area contributed by atoms with Crippen LogP contribution in [-0.4, -0.2) is 57.5 Å². The molecule has 1 fully saturated rings. The van der Waals surface area contributed by atoms with E-state index >= 15 is 0 Å². The number of rotatable bonds is 3. The minimum absolute atomic E-state index is 0.662. The average molecular weight is 353 g/mol. The summed E-state index contributed by atoms with van der Waals surface area (Å²) in [7, 11) is 0. The molecule has 7 heteroatoms. The summed E-state index contributed by atoms with van der Waals surface area (Å²) in [5.41, 5.74) is 0.00795. The number of benzene rings is 1. The van der Waals surface area contributed by atoms with Crippen LogP contribution in [0.2, 0.25) is 0 Å². The lowest BCUT2D eigenvalue weighted by atomic mass is 9.89. The Morgan fingerprint density at radius 2 is 1.72 bits per heavy atom. The van der Waals surface area contributed by atoms with Crippen molar-refractivity contribution < 1.29 is 29.6 Å². The molecule has 6 atom stereocenters. The Hall–Kier alpha value is -1.67. The number of hydrogen-bond acceptors (Lipinski definition) is 6. The molecule has 4 N–H and O–H groups in total. The van der Waals surface area contributed by atoms with Gasteiger partial charge in [-0.1, -0.05) is 30.3 Å². The molecule has 0 aromatic heterocycles. The minimum atomic E-state index is -1.37. The van der Waals surface area contributed by atoms with E-state index in [1.807, 2.05) is 6.07 Å². The van der Waals surface area contributed by atoms with Crippen LogP contribution in [0.1, 0.15) is 39.3 Å². The van der Waals surface area contributed by atoms with Crippen molar-refractivity contribution in [1.82, 2.24) is 5.32 Å². The van der Waals surface area contributed by atoms with Crippen LogP contribution in [0.15, 0.2) is 30.3 Å². The summed E-state index contributed by atoms with van der Waals surface area (Å²) >= 11 is 0. The highest BCUT2D eigenvalue weighted by atomic mass is 16.6. The normalized spacial score (nSPS) is 31.2. The summed E-state index contributed by atoms with van der Waals surface area (Å²) in [5, 5.41) is 33.0. The summed E-state index contributed by atoms with van der Waals surface area (Å²) in [6.07, 6.45) is -6.25. The maximum absolute atomic E-state index is 12.2. The summed E-state index contributed by atoms with van der Waals surface area (Å²) in [6, 6.07) is 8.22. The lowest BCUT2D eigenvalue weighted by Crippen LogP contribution is -2.60. The Kier molecular flexibility index (Phi) is 6.05. The topological polar surface area (TPSA) is 108 Å². The Morgan fingerprint density at radius 1 is 1.12 bits per heavy atom. The molecule has 0 spiro atoms. The smallest absolute Gasteiger partial charge is 0.408 e. The Labute approximate surface area is 147 Å². The zero-order valence-electron chi connectivity index (χ0n) is 14.9. The molecule has 1 aromatic rings. The van der Waals surface area contributed by atoms with Crippen LogP contribution in [0.5, 0.6) is 0 Å². The zero-order chi connectivity index (χ0) is 18.8. The van der Waals surface area contributed by atoms with Crippen LogP contribution in [0.3, 0.4) is 0 Å². The first-order valence-corrected chi connectivity index (χ1v) is 8.34. The zero-order valence-corrected chi connectivity index (χ0v) is 14.9. The standard InChI is InChI=1S/C18H27NO6/c1-10-13(20)14(21)15(22)16(24-10)12(11-8-6-5-7-9-11)19-17(23)25-18(2,3)4/h5-10,12-16,20-22H,1-4H3,(H,19,23)/t10-,12-,13+,14+,15-,16-/m0/s1. The van der Waals surface area contributed by atoms with Crippen molar-refractivity contribution in [2.24, 2.45) is 0 Å². The van der Waals surface area contributed by atoms with Crippen LogP contribution < -0.4 is 5.32 Å². The van der Waals surface area contributed by atoms with Crippen molar-refractivity contribution in [3.63, 3.8) is 0 Å². The van der Waals surface area contributed by atoms with Gasteiger partial charge in [0.2, 0.25) is 0 Å². The summed E-state index contributed by atoms with van der Waals surface area (Å²) < 4.78 is 11.0. The van der Waals surface area contributed by atoms with Gasteiger partial charge in [0, 0.05) is 0 Å². The van der Waals surface area contributed by atoms with E-state index in [0.29, 0.717) is 5.56 Å². The van der Waals surface area contributed by atoms with Gasteiger partial charge in [0.15, 0.2) is 0 Å². The van der Waals surface area contributed by atoms with Crippen LogP contribution in [0.4, 0.5) is 4.79 Å². The maximum Gasteiger partial charge on any atom is 0.408 e. The second kappa shape index (κ2) is 7.70. The van der Waals surface area contributed by atoms with Gasteiger partial charge in [-0.3, -0.25) is 0 Å². The molecule has 1 aliphatic rings. The first-order chi connectivity index (χ1) is 11.6. The third-order valence-corrected chi connectivity index (χ3v) is 4.05. The van der Waals surface area contributed by atoms with E-state index in [1.54, 1.807) is 52.0 Å². The quantitative estimate of drug-likeness (QED) is 0.649. The number of alkyl carbamates (subject to hydrolysis) is 1. The molecule has 0 bridgehead atoms. The Morgan fingerprint density at radius 3 is 2.28 bits per heavy atom. The molecule has 140 valence electrons. The molecule has 2 rings (SSSR count). The SMILES string of the molecule is C[C@@H]1O[C@@H]([C@@H](NC(=O)OC(C)(C)C)c2ccccc2)[C@@H](O)[C@H](O)[C@@H]1O. The van der Waals surface area contributed by atoms with Gasteiger partial charge < -0.3 is 30.1 Å². The van der Waals surface area contributed by atoms with Gasteiger partial charge in [0.1, 0.15) is 30.0 Å². The third kappa shape index (κ3) is 4.92. The van der Waals surface area contributed by atoms with Gasteiger partial charge in [0.05, 0.1) is 12.1 Å². The number of ether oxygens (including phenoxy) is 2. The molecule has 0 aliphatic carbocycles. The van der Waals surface area contributed by atoms with Crippen LogP contribution in [0.25, 0.3) is 0 Å². The lowest BCUT2D eigenvalue weighted by molar-refractivity contribution is -0.224. The van der Waals surface area contributed by atoms with Gasteiger partial charge >= 0.3 is 6.09 Å². The minimum Gasteiger partial charge on any atom is -0.444 e. The van der Waals surface area contributed by atoms with E-state index in [9.17, 15) is 20.1 Å². The largest absolute Gasteiger partial charge is 0.444 e. The highest BCUT2D eigenvalue weighted by Gasteiger charge is 2.46. The highest BCUT2D eigenvalue weighted by molar-refractivity contribution is 5.68. The number of nitrogens with one attached hydrogen (secondary N) is 1. The molecule has 1 amide bonds. The summed E-state index contributed by atoms with van der Waals surface area (Å²) in [5.74, 6) is 0. The fourth-order valence-electron chi connectivity index (χ4n) is 2.81. The first kappa shape index (κ1) is 19.7. The van der Waals surface area contributed by atoms with Gasteiger partial charge in [-0.25, -0.2) is 4.79 Å². The van der Waals surface area contributed by atoms with Crippen molar-refractivity contribution in [3.05, 3.63) is 35.9 Å². The van der Waals surface area contributed by atoms with Gasteiger partial charge in [0.25, 0.3) is 0 Å². The van der Waals surface area contributed by atoms with Crippen molar-refractivity contribution in [1.29, 1.82) is 0 Å². The number of carbonyl (C=O) groups is 1. The maximum atomic E-state index is 12.2. The van der Waals surface area contributed by atoms with Gasteiger partial charge in [-0.15, -0.1) is 0 Å². The third-order valence-electron chi connectivity index (χ3n) is 4.05. The fraction of sp³-hybridized carbons (Fsp3) is 0.611. The Balaban J connectivity index is 2.27. The Bertz CT molecular complexity index is 573. The fourth-order valence-corrected chi connectivity index (χ4v) is 2.81. The number of aliphatic hydroxyl groups is 3. The number of hydrogen-bond donors (Lipinski definition) is 4. The van der Waals surface area contributed by atoms with Crippen LogP contribution >= 0.6 is 0 Å². The van der Waals surface area contributed by atoms with Crippen molar-refractivity contribution in [2.45, 2.75) is 69.9 Å². The lowest BCUT2D eigenvalue weighted by Gasteiger charge is -2.42. The molecule has 1 aromatic carbocycles. The van der Waals surface area contributed by atoms with Crippen LogP contribution in [-0.2, 0) is 9.47 Å². The van der Waals surface area contributed by atoms with E-state index in [4.69, 9.17) is 9.47 Å². The number of amides is 1. The van der Waals surface area contributed by atoms with Crippen molar-refractivity contribution in [2.75, 3.05) is 0 Å². The predicted molar refractivity (Wildman–Crippen MR) is 90.9 cm³/mol. The van der Waals surface area contributed by atoms with E-state index in [1.165, 1.54) is 0 Å². The van der Waals surface area contributed by atoms with Crippen molar-refractivity contribution in [3.8, 4) is 0 Å².